The van der Waals surface area contributed by atoms with Crippen molar-refractivity contribution in [2.45, 2.75) is 38.3 Å². The van der Waals surface area contributed by atoms with E-state index in [1.165, 1.54) is 0 Å². The van der Waals surface area contributed by atoms with E-state index in [0.717, 1.165) is 35.6 Å². The van der Waals surface area contributed by atoms with Crippen LogP contribution in [0.4, 0.5) is 0 Å². The molecule has 2 heterocycles. The van der Waals surface area contributed by atoms with Crippen LogP contribution < -0.4 is 4.74 Å². The van der Waals surface area contributed by atoms with Gasteiger partial charge in [-0.3, -0.25) is 0 Å². The molecule has 0 bridgehead atoms. The third-order valence-corrected chi connectivity index (χ3v) is 4.08. The first-order chi connectivity index (χ1) is 9.76. The van der Waals surface area contributed by atoms with Crippen molar-refractivity contribution in [2.24, 2.45) is 0 Å². The number of halogens is 1. The Labute approximate surface area is 123 Å². The number of hydrogen-bond donors (Lipinski definition) is 0. The number of fused-ring (bicyclic) bond motifs is 1. The molecule has 1 saturated heterocycles. The molecule has 1 aliphatic heterocycles. The topological polar surface area (TPSA) is 36.3 Å². The molecule has 1 aromatic heterocycles. The molecule has 2 aromatic rings. The zero-order valence-corrected chi connectivity index (χ0v) is 12.6. The average Bonchev–Trinajstić information content (AvgIpc) is 3.02. The third kappa shape index (κ3) is 2.17. The summed E-state index contributed by atoms with van der Waals surface area (Å²) in [5.41, 5.74) is 1.97. The lowest BCUT2D eigenvalue weighted by molar-refractivity contribution is 0.108. The zero-order valence-electron chi connectivity index (χ0n) is 11.8. The third-order valence-electron chi connectivity index (χ3n) is 3.84. The predicted octanol–water partition coefficient (Wildman–Crippen LogP) is 3.52. The van der Waals surface area contributed by atoms with Crippen molar-refractivity contribution in [1.82, 2.24) is 9.55 Å². The second-order valence-corrected chi connectivity index (χ2v) is 5.29. The van der Waals surface area contributed by atoms with Crippen LogP contribution in [0.5, 0.6) is 5.75 Å². The Morgan fingerprint density at radius 3 is 3.00 bits per heavy atom. The molecule has 1 aromatic carbocycles. The van der Waals surface area contributed by atoms with Gasteiger partial charge in [0, 0.05) is 6.61 Å². The van der Waals surface area contributed by atoms with Gasteiger partial charge in [0.25, 0.3) is 0 Å². The van der Waals surface area contributed by atoms with Crippen molar-refractivity contribution in [2.75, 3.05) is 13.2 Å². The first-order valence-corrected chi connectivity index (χ1v) is 7.60. The van der Waals surface area contributed by atoms with Crippen molar-refractivity contribution in [3.05, 3.63) is 24.0 Å². The van der Waals surface area contributed by atoms with Gasteiger partial charge >= 0.3 is 0 Å². The minimum atomic E-state index is 0.185. The SMILES string of the molecule is CCOc1cccc2c1nc(CCl)n2C1CCOC1C. The fraction of sp³-hybridized carbons (Fsp3) is 0.533. The highest BCUT2D eigenvalue weighted by Gasteiger charge is 2.29. The average molecular weight is 295 g/mol. The summed E-state index contributed by atoms with van der Waals surface area (Å²) in [6, 6.07) is 6.33. The molecule has 20 heavy (non-hydrogen) atoms. The van der Waals surface area contributed by atoms with Gasteiger partial charge in [0.15, 0.2) is 0 Å². The highest BCUT2D eigenvalue weighted by molar-refractivity contribution is 6.16. The molecule has 5 heteroatoms. The first kappa shape index (κ1) is 13.7. The number of alkyl halides is 1. The van der Waals surface area contributed by atoms with Crippen molar-refractivity contribution in [1.29, 1.82) is 0 Å². The second kappa shape index (κ2) is 5.62. The molecule has 0 radical (unpaired) electrons. The lowest BCUT2D eigenvalue weighted by atomic mass is 10.1. The van der Waals surface area contributed by atoms with E-state index < -0.39 is 0 Å². The van der Waals surface area contributed by atoms with E-state index >= 15 is 0 Å². The van der Waals surface area contributed by atoms with Crippen LogP contribution in [-0.2, 0) is 10.6 Å². The highest BCUT2D eigenvalue weighted by Crippen LogP contribution is 2.34. The van der Waals surface area contributed by atoms with Crippen LogP contribution in [0.15, 0.2) is 18.2 Å². The molecule has 4 nitrogen and oxygen atoms in total. The highest BCUT2D eigenvalue weighted by atomic mass is 35.5. The predicted molar refractivity (Wildman–Crippen MR) is 79.5 cm³/mol. The van der Waals surface area contributed by atoms with Gasteiger partial charge in [0.1, 0.15) is 17.1 Å². The first-order valence-electron chi connectivity index (χ1n) is 7.06. The van der Waals surface area contributed by atoms with Crippen LogP contribution in [0.1, 0.15) is 32.1 Å². The minimum Gasteiger partial charge on any atom is -0.492 e. The standard InChI is InChI=1S/C15H19ClN2O2/c1-3-19-13-6-4-5-12-15(13)17-14(9-16)18(12)11-7-8-20-10(11)2/h4-6,10-11H,3,7-9H2,1-2H3. The van der Waals surface area contributed by atoms with Gasteiger partial charge in [-0.25, -0.2) is 4.98 Å². The Hall–Kier alpha value is -1.26. The Bertz CT molecular complexity index is 611. The largest absolute Gasteiger partial charge is 0.492 e. The summed E-state index contributed by atoms with van der Waals surface area (Å²) in [4.78, 5) is 4.68. The van der Waals surface area contributed by atoms with Crippen LogP contribution in [-0.4, -0.2) is 28.9 Å². The molecule has 2 atom stereocenters. The Kier molecular flexibility index (Phi) is 3.85. The van der Waals surface area contributed by atoms with E-state index in [-0.39, 0.29) is 6.10 Å². The van der Waals surface area contributed by atoms with E-state index in [0.29, 0.717) is 18.5 Å². The monoisotopic (exact) mass is 294 g/mol. The summed E-state index contributed by atoms with van der Waals surface area (Å²) in [5, 5.41) is 0. The van der Waals surface area contributed by atoms with Gasteiger partial charge < -0.3 is 14.0 Å². The van der Waals surface area contributed by atoms with Crippen LogP contribution in [0.2, 0.25) is 0 Å². The van der Waals surface area contributed by atoms with Gasteiger partial charge in [-0.1, -0.05) is 6.07 Å². The number of ether oxygens (including phenoxy) is 2. The zero-order chi connectivity index (χ0) is 14.1. The van der Waals surface area contributed by atoms with Gasteiger partial charge in [0.2, 0.25) is 0 Å². The molecule has 0 spiro atoms. The number of benzene rings is 1. The van der Waals surface area contributed by atoms with Crippen LogP contribution in [0.25, 0.3) is 11.0 Å². The van der Waals surface area contributed by atoms with Gasteiger partial charge in [-0.15, -0.1) is 11.6 Å². The fourth-order valence-corrected chi connectivity index (χ4v) is 3.12. The van der Waals surface area contributed by atoms with Crippen molar-refractivity contribution in [3.8, 4) is 5.75 Å². The van der Waals surface area contributed by atoms with Gasteiger partial charge in [0.05, 0.1) is 30.1 Å². The van der Waals surface area contributed by atoms with Crippen molar-refractivity contribution >= 4 is 22.6 Å². The summed E-state index contributed by atoms with van der Waals surface area (Å²) < 4.78 is 13.6. The van der Waals surface area contributed by atoms with Gasteiger partial charge in [-0.2, -0.15) is 0 Å². The molecule has 2 unspecified atom stereocenters. The van der Waals surface area contributed by atoms with Gasteiger partial charge in [-0.05, 0) is 32.4 Å². The molecular formula is C15H19ClN2O2. The molecule has 1 aliphatic rings. The number of rotatable bonds is 4. The molecule has 108 valence electrons. The maximum Gasteiger partial charge on any atom is 0.147 e. The fourth-order valence-electron chi connectivity index (χ4n) is 2.94. The van der Waals surface area contributed by atoms with Crippen LogP contribution in [0.3, 0.4) is 0 Å². The quantitative estimate of drug-likeness (QED) is 0.810. The summed E-state index contributed by atoms with van der Waals surface area (Å²) >= 11 is 6.09. The lowest BCUT2D eigenvalue weighted by Gasteiger charge is -2.19. The summed E-state index contributed by atoms with van der Waals surface area (Å²) in [6.07, 6.45) is 1.18. The minimum absolute atomic E-state index is 0.185. The molecule has 1 fully saturated rings. The van der Waals surface area contributed by atoms with Crippen LogP contribution >= 0.6 is 11.6 Å². The Morgan fingerprint density at radius 2 is 2.35 bits per heavy atom. The maximum atomic E-state index is 6.09. The van der Waals surface area contributed by atoms with Crippen molar-refractivity contribution in [3.63, 3.8) is 0 Å². The smallest absolute Gasteiger partial charge is 0.147 e. The second-order valence-electron chi connectivity index (χ2n) is 5.02. The Balaban J connectivity index is 2.17. The summed E-state index contributed by atoms with van der Waals surface area (Å²) in [5.74, 6) is 2.10. The molecule has 0 saturated carbocycles. The number of hydrogen-bond acceptors (Lipinski definition) is 3. The summed E-state index contributed by atoms with van der Waals surface area (Å²) in [7, 11) is 0. The normalized spacial score (nSPS) is 22.6. The molecule has 0 N–H and O–H groups in total. The van der Waals surface area contributed by atoms with E-state index in [1.54, 1.807) is 0 Å². The summed E-state index contributed by atoms with van der Waals surface area (Å²) in [6.45, 7) is 5.50. The Morgan fingerprint density at radius 1 is 1.50 bits per heavy atom. The van der Waals surface area contributed by atoms with Crippen LogP contribution in [0, 0.1) is 0 Å². The maximum absolute atomic E-state index is 6.09. The molecular weight excluding hydrogens is 276 g/mol. The number of para-hydroxylation sites is 1. The molecule has 0 amide bonds. The number of nitrogens with zero attached hydrogens (tertiary/aromatic N) is 2. The van der Waals surface area contributed by atoms with E-state index in [9.17, 15) is 0 Å². The van der Waals surface area contributed by atoms with E-state index in [4.69, 9.17) is 21.1 Å². The number of imidazole rings is 1. The van der Waals surface area contributed by atoms with E-state index in [2.05, 4.69) is 22.5 Å². The van der Waals surface area contributed by atoms with Crippen molar-refractivity contribution < 1.29 is 9.47 Å². The molecule has 3 rings (SSSR count). The number of aromatic nitrogens is 2. The van der Waals surface area contributed by atoms with E-state index in [1.807, 2.05) is 19.1 Å². The molecule has 0 aliphatic carbocycles. The lowest BCUT2D eigenvalue weighted by Crippen LogP contribution is -2.18.